The maximum Gasteiger partial charge on any atom is 0.408 e. The Morgan fingerprint density at radius 1 is 1.19 bits per heavy atom. The summed E-state index contributed by atoms with van der Waals surface area (Å²) in [4.78, 5) is 39.3. The Bertz CT molecular complexity index is 762. The second-order valence-electron chi connectivity index (χ2n) is 8.53. The van der Waals surface area contributed by atoms with Gasteiger partial charge in [-0.25, -0.2) is 4.79 Å². The fourth-order valence-corrected chi connectivity index (χ4v) is 3.08. The smallest absolute Gasteiger partial charge is 0.408 e. The highest BCUT2D eigenvalue weighted by atomic mass is 16.6. The van der Waals surface area contributed by atoms with Crippen LogP contribution in [0.5, 0.6) is 5.75 Å². The number of aliphatic hydroxyl groups excluding tert-OH is 1. The molecule has 3 amide bonds. The van der Waals surface area contributed by atoms with Crippen molar-refractivity contribution >= 4 is 17.9 Å². The van der Waals surface area contributed by atoms with Gasteiger partial charge in [-0.3, -0.25) is 9.59 Å². The average molecular weight is 438 g/mol. The molecule has 0 aliphatic heterocycles. The minimum atomic E-state index is -1.31. The second-order valence-corrected chi connectivity index (χ2v) is 8.53. The minimum absolute atomic E-state index is 0.0525. The Morgan fingerprint density at radius 3 is 2.35 bits per heavy atom. The van der Waals surface area contributed by atoms with Crippen LogP contribution < -0.4 is 10.6 Å². The summed E-state index contributed by atoms with van der Waals surface area (Å²) < 4.78 is 5.14. The number of phenolic OH excluding ortho intramolecular Hbond substituents is 1. The number of aromatic hydroxyl groups is 1. The third-order valence-electron chi connectivity index (χ3n) is 4.45. The van der Waals surface area contributed by atoms with Crippen LogP contribution in [0.15, 0.2) is 24.3 Å². The zero-order chi connectivity index (χ0) is 23.8. The lowest BCUT2D eigenvalue weighted by molar-refractivity contribution is -0.141. The van der Waals surface area contributed by atoms with Crippen molar-refractivity contribution in [1.82, 2.24) is 15.5 Å². The van der Waals surface area contributed by atoms with E-state index in [1.54, 1.807) is 32.9 Å². The van der Waals surface area contributed by atoms with Crippen molar-refractivity contribution in [3.05, 3.63) is 29.8 Å². The molecule has 0 saturated carbocycles. The van der Waals surface area contributed by atoms with Crippen LogP contribution in [0, 0.1) is 0 Å². The van der Waals surface area contributed by atoms with Gasteiger partial charge in [0.2, 0.25) is 11.8 Å². The van der Waals surface area contributed by atoms with Crippen molar-refractivity contribution in [1.29, 1.82) is 0 Å². The lowest BCUT2D eigenvalue weighted by Gasteiger charge is -2.31. The van der Waals surface area contributed by atoms with E-state index in [0.29, 0.717) is 5.56 Å². The maximum atomic E-state index is 13.0. The van der Waals surface area contributed by atoms with Gasteiger partial charge in [-0.05, 0) is 51.8 Å². The van der Waals surface area contributed by atoms with Crippen molar-refractivity contribution in [2.75, 3.05) is 13.7 Å². The molecule has 0 aliphatic rings. The van der Waals surface area contributed by atoms with Crippen LogP contribution in [0.1, 0.15) is 59.1 Å². The fraction of sp³-hybridized carbons (Fsp3) is 0.591. The summed E-state index contributed by atoms with van der Waals surface area (Å²) in [6.45, 7) is 8.21. The number of amides is 3. The Labute approximate surface area is 183 Å². The molecule has 3 atom stereocenters. The number of carbonyl (C=O) groups is 3. The average Bonchev–Trinajstić information content (AvgIpc) is 2.64. The number of nitrogens with one attached hydrogen (secondary N) is 2. The summed E-state index contributed by atoms with van der Waals surface area (Å²) in [6.07, 6.45) is 0.776. The van der Waals surface area contributed by atoms with E-state index in [0.717, 1.165) is 17.7 Å². The molecule has 3 unspecified atom stereocenters. The molecule has 0 bridgehead atoms. The van der Waals surface area contributed by atoms with E-state index >= 15 is 0 Å². The van der Waals surface area contributed by atoms with Gasteiger partial charge in [0.15, 0.2) is 0 Å². The first-order valence-corrected chi connectivity index (χ1v) is 10.4. The molecular formula is C22H35N3O6. The van der Waals surface area contributed by atoms with E-state index in [-0.39, 0.29) is 11.8 Å². The van der Waals surface area contributed by atoms with Crippen LogP contribution in [-0.2, 0) is 14.3 Å². The van der Waals surface area contributed by atoms with Crippen LogP contribution in [-0.4, -0.2) is 64.4 Å². The second kappa shape index (κ2) is 11.5. The van der Waals surface area contributed by atoms with Crippen molar-refractivity contribution < 1.29 is 29.3 Å². The summed E-state index contributed by atoms with van der Waals surface area (Å²) in [5, 5.41) is 24.8. The summed E-state index contributed by atoms with van der Waals surface area (Å²) in [7, 11) is 1.40. The van der Waals surface area contributed by atoms with Crippen LogP contribution in [0.2, 0.25) is 0 Å². The number of aliphatic hydroxyl groups is 1. The number of phenols is 1. The zero-order valence-corrected chi connectivity index (χ0v) is 19.1. The molecule has 0 aliphatic carbocycles. The molecule has 1 rings (SSSR count). The van der Waals surface area contributed by atoms with Crippen molar-refractivity contribution in [2.24, 2.45) is 0 Å². The molecule has 0 fully saturated rings. The number of carbonyl (C=O) groups excluding carboxylic acids is 3. The largest absolute Gasteiger partial charge is 0.508 e. The van der Waals surface area contributed by atoms with Gasteiger partial charge in [0, 0.05) is 13.1 Å². The first-order chi connectivity index (χ1) is 14.4. The van der Waals surface area contributed by atoms with Crippen LogP contribution in [0.25, 0.3) is 0 Å². The van der Waals surface area contributed by atoms with Crippen molar-refractivity contribution in [3.8, 4) is 5.75 Å². The predicted octanol–water partition coefficient (Wildman–Crippen LogP) is 2.08. The van der Waals surface area contributed by atoms with Gasteiger partial charge in [-0.2, -0.15) is 0 Å². The molecule has 31 heavy (non-hydrogen) atoms. The number of nitrogens with zero attached hydrogens (tertiary/aromatic N) is 1. The Hall–Kier alpha value is -2.81. The van der Waals surface area contributed by atoms with E-state index in [9.17, 15) is 24.6 Å². The van der Waals surface area contributed by atoms with Gasteiger partial charge < -0.3 is 30.5 Å². The van der Waals surface area contributed by atoms with Gasteiger partial charge in [0.05, 0.1) is 6.61 Å². The summed E-state index contributed by atoms with van der Waals surface area (Å²) >= 11 is 0. The number of hydrogen-bond donors (Lipinski definition) is 4. The molecule has 0 radical (unpaired) electrons. The summed E-state index contributed by atoms with van der Waals surface area (Å²) in [5.41, 5.74) is -0.385. The van der Waals surface area contributed by atoms with E-state index in [1.165, 1.54) is 19.2 Å². The molecule has 0 spiro atoms. The molecule has 1 aromatic carbocycles. The van der Waals surface area contributed by atoms with Crippen LogP contribution >= 0.6 is 0 Å². The number of alkyl carbamates (subject to hydrolysis) is 1. The minimum Gasteiger partial charge on any atom is -0.508 e. The topological polar surface area (TPSA) is 128 Å². The Balaban J connectivity index is 3.13. The lowest BCUT2D eigenvalue weighted by atomic mass is 10.0. The molecular weight excluding hydrogens is 402 g/mol. The van der Waals surface area contributed by atoms with Gasteiger partial charge in [0.1, 0.15) is 23.4 Å². The molecule has 1 aromatic rings. The van der Waals surface area contributed by atoms with Crippen molar-refractivity contribution in [2.45, 2.75) is 71.2 Å². The van der Waals surface area contributed by atoms with E-state index < -0.39 is 42.2 Å². The number of ether oxygens (including phenoxy) is 1. The highest BCUT2D eigenvalue weighted by Crippen LogP contribution is 2.24. The summed E-state index contributed by atoms with van der Waals surface area (Å²) in [5.74, 6) is -1.17. The van der Waals surface area contributed by atoms with E-state index in [1.807, 2.05) is 13.8 Å². The summed E-state index contributed by atoms with van der Waals surface area (Å²) in [6, 6.07) is 3.55. The number of rotatable bonds is 9. The zero-order valence-electron chi connectivity index (χ0n) is 19.1. The number of hydrogen-bond acceptors (Lipinski definition) is 6. The first kappa shape index (κ1) is 26.2. The van der Waals surface area contributed by atoms with Gasteiger partial charge in [-0.1, -0.05) is 25.5 Å². The molecule has 174 valence electrons. The normalized spacial score (nSPS) is 14.2. The predicted molar refractivity (Wildman–Crippen MR) is 116 cm³/mol. The van der Waals surface area contributed by atoms with Gasteiger partial charge in [0.25, 0.3) is 0 Å². The fourth-order valence-electron chi connectivity index (χ4n) is 3.08. The highest BCUT2D eigenvalue weighted by molar-refractivity contribution is 5.92. The van der Waals surface area contributed by atoms with Gasteiger partial charge in [-0.15, -0.1) is 0 Å². The number of likely N-dealkylation sites (N-methyl/N-ethyl adjacent to an activating group) is 1. The van der Waals surface area contributed by atoms with Gasteiger partial charge >= 0.3 is 6.09 Å². The lowest BCUT2D eigenvalue weighted by Crippen LogP contribution is -2.53. The Kier molecular flexibility index (Phi) is 9.77. The van der Waals surface area contributed by atoms with Crippen molar-refractivity contribution in [3.63, 3.8) is 0 Å². The molecule has 0 saturated heterocycles. The third kappa shape index (κ3) is 8.45. The monoisotopic (exact) mass is 437 g/mol. The Morgan fingerprint density at radius 2 is 1.84 bits per heavy atom. The third-order valence-corrected chi connectivity index (χ3v) is 4.45. The first-order valence-electron chi connectivity index (χ1n) is 10.4. The van der Waals surface area contributed by atoms with Crippen LogP contribution in [0.4, 0.5) is 4.79 Å². The van der Waals surface area contributed by atoms with E-state index in [4.69, 9.17) is 4.74 Å². The molecule has 0 aromatic heterocycles. The van der Waals surface area contributed by atoms with E-state index in [2.05, 4.69) is 10.6 Å². The molecule has 9 nitrogen and oxygen atoms in total. The number of benzene rings is 1. The maximum absolute atomic E-state index is 13.0. The molecule has 9 heteroatoms. The quantitative estimate of drug-likeness (QED) is 0.468. The highest BCUT2D eigenvalue weighted by Gasteiger charge is 2.34. The standard InChI is InChI=1S/C22H35N3O6/c1-7-9-14(2)23-19(28)18(15-10-8-11-16(27)12-15)25(6)20(29)17(13-26)24-21(30)31-22(3,4)5/h8,10-12,14,17-18,26-27H,7,9,13H2,1-6H3,(H,23,28)(H,24,30). The van der Waals surface area contributed by atoms with Crippen LogP contribution in [0.3, 0.4) is 0 Å². The molecule has 0 heterocycles. The SMILES string of the molecule is CCCC(C)NC(=O)C(c1cccc(O)c1)N(C)C(=O)C(CO)NC(=O)OC(C)(C)C. The molecule has 4 N–H and O–H groups in total.